The van der Waals surface area contributed by atoms with Crippen LogP contribution in [0.2, 0.25) is 0 Å². The van der Waals surface area contributed by atoms with Crippen LogP contribution in [0.5, 0.6) is 5.75 Å². The number of benzene rings is 2. The summed E-state index contributed by atoms with van der Waals surface area (Å²) in [4.78, 5) is 0. The third kappa shape index (κ3) is 3.33. The van der Waals surface area contributed by atoms with E-state index >= 15 is 0 Å². The molecule has 1 atom stereocenters. The maximum atomic E-state index is 12.7. The van der Waals surface area contributed by atoms with Crippen molar-refractivity contribution in [2.75, 3.05) is 5.73 Å². The fraction of sp³-hybridized carbons (Fsp3) is 0. The van der Waals surface area contributed by atoms with Crippen molar-refractivity contribution in [1.82, 2.24) is 5.59 Å². The zero-order valence-electron chi connectivity index (χ0n) is 10.0. The summed E-state index contributed by atoms with van der Waals surface area (Å²) < 4.78 is 22.9. The van der Waals surface area contributed by atoms with E-state index in [-0.39, 0.29) is 0 Å². The van der Waals surface area contributed by atoms with Gasteiger partial charge in [-0.3, -0.25) is 0 Å². The number of anilines is 1. The minimum absolute atomic E-state index is 0.372. The number of nitrogen functional groups attached to an aromatic ring is 1. The number of nitrogens with two attached hydrogens (primary N) is 2. The van der Waals surface area contributed by atoms with Crippen LogP contribution in [0.1, 0.15) is 0 Å². The van der Waals surface area contributed by atoms with E-state index in [9.17, 15) is 4.57 Å². The first-order valence-electron chi connectivity index (χ1n) is 5.49. The van der Waals surface area contributed by atoms with Crippen LogP contribution in [-0.2, 0) is 9.19 Å². The summed E-state index contributed by atoms with van der Waals surface area (Å²) in [7, 11) is -3.59. The summed E-state index contributed by atoms with van der Waals surface area (Å²) in [6.07, 6.45) is 0. The van der Waals surface area contributed by atoms with Crippen molar-refractivity contribution < 1.29 is 13.7 Å². The van der Waals surface area contributed by atoms with E-state index in [4.69, 9.17) is 20.7 Å². The zero-order valence-corrected chi connectivity index (χ0v) is 10.9. The molecule has 0 aliphatic heterocycles. The largest absolute Gasteiger partial charge is 0.428 e. The van der Waals surface area contributed by atoms with E-state index < -0.39 is 7.60 Å². The summed E-state index contributed by atoms with van der Waals surface area (Å²) in [6, 6.07) is 15.0. The lowest BCUT2D eigenvalue weighted by Crippen LogP contribution is -2.25. The number of nitrogens with one attached hydrogen (secondary N) is 1. The van der Waals surface area contributed by atoms with Crippen LogP contribution in [0.25, 0.3) is 0 Å². The summed E-state index contributed by atoms with van der Waals surface area (Å²) in [5, 5.41) is 0.393. The molecule has 0 aromatic heterocycles. The van der Waals surface area contributed by atoms with Crippen LogP contribution in [0.15, 0.2) is 54.6 Å². The van der Waals surface area contributed by atoms with Crippen LogP contribution < -0.4 is 27.0 Å². The highest BCUT2D eigenvalue weighted by Gasteiger charge is 2.29. The SMILES string of the molecule is NNOP(=O)(Oc1ccc(N)cc1)c1ccccc1. The molecule has 0 heterocycles. The molecule has 0 saturated carbocycles. The Morgan fingerprint density at radius 1 is 1.00 bits per heavy atom. The second kappa shape index (κ2) is 5.86. The Labute approximate surface area is 110 Å². The maximum absolute atomic E-state index is 12.7. The molecular weight excluding hydrogens is 265 g/mol. The molecular formula is C12H14N3O3P. The average Bonchev–Trinajstić information content (AvgIpc) is 2.43. The highest BCUT2D eigenvalue weighted by atomic mass is 31.2. The van der Waals surface area contributed by atoms with Crippen LogP contribution in [0.3, 0.4) is 0 Å². The van der Waals surface area contributed by atoms with E-state index in [1.807, 2.05) is 5.59 Å². The summed E-state index contributed by atoms with van der Waals surface area (Å²) in [5.74, 6) is 5.46. The van der Waals surface area contributed by atoms with Crippen molar-refractivity contribution in [2.24, 2.45) is 5.84 Å². The molecule has 0 aliphatic rings. The monoisotopic (exact) mass is 279 g/mol. The predicted octanol–water partition coefficient (Wildman–Crippen LogP) is 1.56. The molecule has 0 amide bonds. The lowest BCUT2D eigenvalue weighted by Gasteiger charge is -2.18. The highest BCUT2D eigenvalue weighted by molar-refractivity contribution is 7.62. The fourth-order valence-corrected chi connectivity index (χ4v) is 2.79. The van der Waals surface area contributed by atoms with E-state index in [1.54, 1.807) is 54.6 Å². The number of hydrazine groups is 1. The van der Waals surface area contributed by atoms with Crippen molar-refractivity contribution >= 4 is 18.6 Å². The van der Waals surface area contributed by atoms with Gasteiger partial charge in [-0.15, -0.1) is 5.59 Å². The van der Waals surface area contributed by atoms with Gasteiger partial charge in [0.1, 0.15) is 5.75 Å². The lowest BCUT2D eigenvalue weighted by atomic mass is 10.3. The molecule has 7 heteroatoms. The molecule has 6 nitrogen and oxygen atoms in total. The number of hydrogen-bond acceptors (Lipinski definition) is 6. The van der Waals surface area contributed by atoms with Crippen molar-refractivity contribution in [2.45, 2.75) is 0 Å². The van der Waals surface area contributed by atoms with Crippen LogP contribution in [-0.4, -0.2) is 0 Å². The molecule has 0 aliphatic carbocycles. The first kappa shape index (κ1) is 13.6. The highest BCUT2D eigenvalue weighted by Crippen LogP contribution is 2.46. The molecule has 0 fully saturated rings. The predicted molar refractivity (Wildman–Crippen MR) is 73.6 cm³/mol. The number of rotatable bonds is 5. The number of hydrogen-bond donors (Lipinski definition) is 3. The quantitative estimate of drug-likeness (QED) is 0.332. The minimum Gasteiger partial charge on any atom is -0.420 e. The smallest absolute Gasteiger partial charge is 0.420 e. The van der Waals surface area contributed by atoms with Gasteiger partial charge in [0.15, 0.2) is 0 Å². The Morgan fingerprint density at radius 2 is 1.63 bits per heavy atom. The molecule has 100 valence electrons. The average molecular weight is 279 g/mol. The molecule has 2 aromatic carbocycles. The Bertz CT molecular complexity index is 575. The van der Waals surface area contributed by atoms with Crippen LogP contribution in [0, 0.1) is 0 Å². The van der Waals surface area contributed by atoms with Gasteiger partial charge in [-0.05, 0) is 36.4 Å². The first-order chi connectivity index (χ1) is 9.14. The van der Waals surface area contributed by atoms with Crippen molar-refractivity contribution in [3.63, 3.8) is 0 Å². The van der Waals surface area contributed by atoms with Crippen molar-refractivity contribution in [3.05, 3.63) is 54.6 Å². The lowest BCUT2D eigenvalue weighted by molar-refractivity contribution is 0.178. The second-order valence-electron chi connectivity index (χ2n) is 3.70. The Balaban J connectivity index is 2.30. The van der Waals surface area contributed by atoms with E-state index in [0.717, 1.165) is 0 Å². The fourth-order valence-electron chi connectivity index (χ4n) is 1.47. The Morgan fingerprint density at radius 3 is 2.21 bits per heavy atom. The molecule has 0 saturated heterocycles. The van der Waals surface area contributed by atoms with E-state index in [0.29, 0.717) is 16.7 Å². The zero-order chi connectivity index (χ0) is 13.7. The van der Waals surface area contributed by atoms with E-state index in [1.165, 1.54) is 0 Å². The third-order valence-electron chi connectivity index (χ3n) is 2.35. The minimum atomic E-state index is -3.59. The van der Waals surface area contributed by atoms with Crippen LogP contribution in [0.4, 0.5) is 5.69 Å². The first-order valence-corrected chi connectivity index (χ1v) is 7.03. The van der Waals surface area contributed by atoms with Gasteiger partial charge in [0.2, 0.25) is 0 Å². The van der Waals surface area contributed by atoms with Gasteiger partial charge in [-0.25, -0.2) is 10.4 Å². The van der Waals surface area contributed by atoms with E-state index in [2.05, 4.69) is 0 Å². The summed E-state index contributed by atoms with van der Waals surface area (Å²) >= 11 is 0. The standard InChI is InChI=1S/C12H14N3O3P/c13-10-6-8-11(9-7-10)17-19(16,18-15-14)12-4-2-1-3-5-12/h1-9,15H,13-14H2. The van der Waals surface area contributed by atoms with Crippen molar-refractivity contribution in [1.29, 1.82) is 0 Å². The molecule has 0 spiro atoms. The molecule has 5 N–H and O–H groups in total. The van der Waals surface area contributed by atoms with Gasteiger partial charge in [-0.1, -0.05) is 18.2 Å². The van der Waals surface area contributed by atoms with Crippen molar-refractivity contribution in [3.8, 4) is 5.75 Å². The summed E-state index contributed by atoms with van der Waals surface area (Å²) in [5.41, 5.74) is 8.08. The molecule has 19 heavy (non-hydrogen) atoms. The third-order valence-corrected chi connectivity index (χ3v) is 4.08. The molecule has 0 radical (unpaired) electrons. The Kier molecular flexibility index (Phi) is 4.19. The molecule has 2 rings (SSSR count). The van der Waals surface area contributed by atoms with Gasteiger partial charge in [0, 0.05) is 5.69 Å². The molecule has 1 unspecified atom stereocenters. The van der Waals surface area contributed by atoms with Gasteiger partial charge >= 0.3 is 7.60 Å². The topological polar surface area (TPSA) is 99.6 Å². The Hall–Kier alpha value is -1.85. The van der Waals surface area contributed by atoms with Gasteiger partial charge in [-0.2, -0.15) is 4.62 Å². The normalized spacial score (nSPS) is 13.7. The second-order valence-corrected chi connectivity index (χ2v) is 5.58. The summed E-state index contributed by atoms with van der Waals surface area (Å²) in [6.45, 7) is 0. The molecule has 0 bridgehead atoms. The van der Waals surface area contributed by atoms with Gasteiger partial charge in [0.05, 0.1) is 5.30 Å². The van der Waals surface area contributed by atoms with Gasteiger partial charge in [0.25, 0.3) is 0 Å². The molecule has 2 aromatic rings. The van der Waals surface area contributed by atoms with Crippen LogP contribution >= 0.6 is 7.60 Å². The maximum Gasteiger partial charge on any atom is 0.428 e. The van der Waals surface area contributed by atoms with Gasteiger partial charge < -0.3 is 10.3 Å².